The second-order valence-electron chi connectivity index (χ2n) is 4.34. The van der Waals surface area contributed by atoms with Crippen LogP contribution >= 0.6 is 0 Å². The van der Waals surface area contributed by atoms with Gasteiger partial charge in [0.15, 0.2) is 0 Å². The van der Waals surface area contributed by atoms with Gasteiger partial charge in [-0.25, -0.2) is 0 Å². The van der Waals surface area contributed by atoms with Gasteiger partial charge in [0.2, 0.25) is 0 Å². The molecular formula is C16H11N3O3. The molecule has 2 aromatic rings. The third-order valence-electron chi connectivity index (χ3n) is 2.81. The van der Waals surface area contributed by atoms with Crippen molar-refractivity contribution in [2.45, 2.75) is 0 Å². The van der Waals surface area contributed by atoms with Crippen molar-refractivity contribution in [3.63, 3.8) is 0 Å². The number of hydrogen-bond donors (Lipinski definition) is 1. The second-order valence-corrected chi connectivity index (χ2v) is 4.34. The molecule has 2 rings (SSSR count). The van der Waals surface area contributed by atoms with Crippen LogP contribution in [0.2, 0.25) is 0 Å². The molecular weight excluding hydrogens is 282 g/mol. The van der Waals surface area contributed by atoms with Crippen LogP contribution in [0.1, 0.15) is 5.56 Å². The molecule has 0 atom stereocenters. The minimum absolute atomic E-state index is 0.0513. The van der Waals surface area contributed by atoms with Gasteiger partial charge in [-0.05, 0) is 23.8 Å². The van der Waals surface area contributed by atoms with Gasteiger partial charge in [-0.1, -0.05) is 30.3 Å². The van der Waals surface area contributed by atoms with Crippen molar-refractivity contribution in [3.8, 4) is 6.07 Å². The first-order valence-electron chi connectivity index (χ1n) is 6.33. The molecule has 0 saturated heterocycles. The molecule has 0 unspecified atom stereocenters. The van der Waals surface area contributed by atoms with Crippen molar-refractivity contribution in [3.05, 3.63) is 75.8 Å². The molecule has 0 bridgehead atoms. The lowest BCUT2D eigenvalue weighted by Gasteiger charge is -2.04. The van der Waals surface area contributed by atoms with E-state index in [-0.39, 0.29) is 11.3 Å². The molecule has 0 radical (unpaired) electrons. The highest BCUT2D eigenvalue weighted by molar-refractivity contribution is 6.09. The number of carbonyl (C=O) groups is 1. The molecule has 0 aliphatic rings. The van der Waals surface area contributed by atoms with Crippen molar-refractivity contribution >= 4 is 23.4 Å². The molecule has 6 nitrogen and oxygen atoms in total. The van der Waals surface area contributed by atoms with Crippen molar-refractivity contribution in [1.82, 2.24) is 0 Å². The molecule has 22 heavy (non-hydrogen) atoms. The first-order valence-corrected chi connectivity index (χ1v) is 6.33. The number of nitriles is 1. The van der Waals surface area contributed by atoms with Crippen LogP contribution in [0.5, 0.6) is 0 Å². The summed E-state index contributed by atoms with van der Waals surface area (Å²) in [7, 11) is 0. The fraction of sp³-hybridized carbons (Fsp3) is 0. The molecule has 0 aliphatic carbocycles. The summed E-state index contributed by atoms with van der Waals surface area (Å²) >= 11 is 0. The zero-order valence-corrected chi connectivity index (χ0v) is 11.4. The lowest BCUT2D eigenvalue weighted by atomic mass is 10.1. The van der Waals surface area contributed by atoms with Crippen LogP contribution in [0.25, 0.3) is 6.08 Å². The highest BCUT2D eigenvalue weighted by atomic mass is 16.6. The van der Waals surface area contributed by atoms with Crippen LogP contribution in [-0.4, -0.2) is 10.8 Å². The third kappa shape index (κ3) is 3.77. The lowest BCUT2D eigenvalue weighted by molar-refractivity contribution is -0.384. The molecule has 0 saturated carbocycles. The summed E-state index contributed by atoms with van der Waals surface area (Å²) in [5.74, 6) is -0.569. The maximum absolute atomic E-state index is 12.0. The average Bonchev–Trinajstić information content (AvgIpc) is 2.54. The summed E-state index contributed by atoms with van der Waals surface area (Å²) in [5, 5.41) is 22.2. The zero-order chi connectivity index (χ0) is 15.9. The van der Waals surface area contributed by atoms with Gasteiger partial charge in [0, 0.05) is 17.8 Å². The summed E-state index contributed by atoms with van der Waals surface area (Å²) in [6.45, 7) is 0. The molecule has 2 aromatic carbocycles. The van der Waals surface area contributed by atoms with E-state index in [1.165, 1.54) is 30.3 Å². The Morgan fingerprint density at radius 2 is 1.77 bits per heavy atom. The average molecular weight is 293 g/mol. The van der Waals surface area contributed by atoms with Crippen molar-refractivity contribution < 1.29 is 9.72 Å². The Hall–Kier alpha value is -3.46. The molecule has 0 heterocycles. The van der Waals surface area contributed by atoms with E-state index in [4.69, 9.17) is 5.26 Å². The van der Waals surface area contributed by atoms with E-state index in [9.17, 15) is 14.9 Å². The lowest BCUT2D eigenvalue weighted by Crippen LogP contribution is -2.13. The van der Waals surface area contributed by atoms with E-state index >= 15 is 0 Å². The molecule has 0 aliphatic heterocycles. The molecule has 108 valence electrons. The largest absolute Gasteiger partial charge is 0.321 e. The number of nitro groups is 1. The number of non-ortho nitro benzene ring substituents is 1. The summed E-state index contributed by atoms with van der Waals surface area (Å²) < 4.78 is 0. The van der Waals surface area contributed by atoms with Gasteiger partial charge in [-0.2, -0.15) is 5.26 Å². The predicted octanol–water partition coefficient (Wildman–Crippen LogP) is 3.14. The monoisotopic (exact) mass is 293 g/mol. The quantitative estimate of drug-likeness (QED) is 0.405. The summed E-state index contributed by atoms with van der Waals surface area (Å²) in [6, 6.07) is 16.2. The van der Waals surface area contributed by atoms with Crippen LogP contribution in [0, 0.1) is 21.4 Å². The number of rotatable bonds is 4. The Morgan fingerprint density at radius 1 is 1.14 bits per heavy atom. The number of nitrogens with one attached hydrogen (secondary N) is 1. The van der Waals surface area contributed by atoms with E-state index < -0.39 is 10.8 Å². The summed E-state index contributed by atoms with van der Waals surface area (Å²) in [4.78, 5) is 22.1. The van der Waals surface area contributed by atoms with Gasteiger partial charge in [-0.3, -0.25) is 14.9 Å². The Balaban J connectivity index is 2.15. The summed E-state index contributed by atoms with van der Waals surface area (Å²) in [6.07, 6.45) is 1.47. The van der Waals surface area contributed by atoms with E-state index in [2.05, 4.69) is 5.32 Å². The van der Waals surface area contributed by atoms with Gasteiger partial charge in [-0.15, -0.1) is 0 Å². The van der Waals surface area contributed by atoms with Crippen molar-refractivity contribution in [1.29, 1.82) is 5.26 Å². The number of carbonyl (C=O) groups excluding carboxylic acids is 1. The van der Waals surface area contributed by atoms with E-state index in [1.54, 1.807) is 24.3 Å². The number of anilines is 1. The molecule has 1 amide bonds. The Morgan fingerprint density at radius 3 is 2.32 bits per heavy atom. The maximum Gasteiger partial charge on any atom is 0.269 e. The molecule has 0 spiro atoms. The molecule has 0 aromatic heterocycles. The van der Waals surface area contributed by atoms with Gasteiger partial charge < -0.3 is 5.32 Å². The number of benzene rings is 2. The van der Waals surface area contributed by atoms with Crippen LogP contribution in [0.15, 0.2) is 60.2 Å². The normalized spacial score (nSPS) is 10.6. The fourth-order valence-electron chi connectivity index (χ4n) is 1.73. The van der Waals surface area contributed by atoms with E-state index in [0.29, 0.717) is 5.69 Å². The smallest absolute Gasteiger partial charge is 0.269 e. The predicted molar refractivity (Wildman–Crippen MR) is 81.8 cm³/mol. The number of amides is 1. The van der Waals surface area contributed by atoms with Gasteiger partial charge >= 0.3 is 0 Å². The van der Waals surface area contributed by atoms with Gasteiger partial charge in [0.25, 0.3) is 11.6 Å². The van der Waals surface area contributed by atoms with Crippen LogP contribution in [-0.2, 0) is 4.79 Å². The maximum atomic E-state index is 12.0. The molecule has 1 N–H and O–H groups in total. The summed E-state index contributed by atoms with van der Waals surface area (Å²) in [5.41, 5.74) is 0.991. The van der Waals surface area contributed by atoms with Gasteiger partial charge in [0.05, 0.1) is 4.92 Å². The first kappa shape index (κ1) is 14.9. The third-order valence-corrected chi connectivity index (χ3v) is 2.81. The van der Waals surface area contributed by atoms with E-state index in [0.717, 1.165) is 5.56 Å². The molecule has 6 heteroatoms. The number of nitrogens with zero attached hydrogens (tertiary/aromatic N) is 2. The highest BCUT2D eigenvalue weighted by Gasteiger charge is 2.10. The Kier molecular flexibility index (Phi) is 4.63. The van der Waals surface area contributed by atoms with Crippen LogP contribution in [0.4, 0.5) is 11.4 Å². The molecule has 0 fully saturated rings. The standard InChI is InChI=1S/C16H11N3O3/c17-11-13(10-12-4-2-1-3-5-12)16(20)18-14-6-8-15(9-7-14)19(21)22/h1-10H,(H,18,20). The topological polar surface area (TPSA) is 96.0 Å². The second kappa shape index (κ2) is 6.81. The zero-order valence-electron chi connectivity index (χ0n) is 11.4. The minimum atomic E-state index is -0.569. The number of hydrogen-bond acceptors (Lipinski definition) is 4. The van der Waals surface area contributed by atoms with Crippen LogP contribution in [0.3, 0.4) is 0 Å². The first-order chi connectivity index (χ1) is 10.6. The van der Waals surface area contributed by atoms with E-state index in [1.807, 2.05) is 12.1 Å². The SMILES string of the molecule is N#CC(=Cc1ccccc1)C(=O)Nc1ccc([N+](=O)[O-])cc1. The number of nitro benzene ring substituents is 1. The Labute approximate surface area is 126 Å². The van der Waals surface area contributed by atoms with Crippen molar-refractivity contribution in [2.75, 3.05) is 5.32 Å². The van der Waals surface area contributed by atoms with Gasteiger partial charge in [0.1, 0.15) is 11.6 Å². The highest BCUT2D eigenvalue weighted by Crippen LogP contribution is 2.16. The van der Waals surface area contributed by atoms with Crippen molar-refractivity contribution in [2.24, 2.45) is 0 Å². The Bertz CT molecular complexity index is 759. The fourth-order valence-corrected chi connectivity index (χ4v) is 1.73. The van der Waals surface area contributed by atoms with Crippen LogP contribution < -0.4 is 5.32 Å². The minimum Gasteiger partial charge on any atom is -0.321 e.